The number of hydrogen-bond acceptors (Lipinski definition) is 7. The summed E-state index contributed by atoms with van der Waals surface area (Å²) >= 11 is 0. The van der Waals surface area contributed by atoms with Gasteiger partial charge >= 0.3 is 0 Å². The van der Waals surface area contributed by atoms with Gasteiger partial charge in [0.2, 0.25) is 11.8 Å². The second-order valence-electron chi connectivity index (χ2n) is 7.49. The van der Waals surface area contributed by atoms with Gasteiger partial charge < -0.3 is 20.3 Å². The van der Waals surface area contributed by atoms with Crippen LogP contribution in [0, 0.1) is 12.8 Å². The zero-order valence-corrected chi connectivity index (χ0v) is 18.0. The maximum atomic E-state index is 12.6. The number of aromatic nitrogens is 4. The van der Waals surface area contributed by atoms with Crippen molar-refractivity contribution in [2.45, 2.75) is 13.3 Å². The number of hydrogen-bond donors (Lipinski definition) is 2. The standard InChI is InChI=1S/C22H25N7O3/c1-15-6-9-29(27-15)20-12-19(25-14-26-20)23-7-8-24-22(31)16-10-21(30)28(13-16)17-4-3-5-18(11-17)32-2/h3-6,9,11-12,14,16H,7-8,10,13H2,1-2H3,(H,24,31)(H,23,25,26). The number of carbonyl (C=O) groups excluding carboxylic acids is 2. The van der Waals surface area contributed by atoms with Crippen LogP contribution in [0.3, 0.4) is 0 Å². The molecule has 1 aromatic carbocycles. The fraction of sp³-hybridized carbons (Fsp3) is 0.318. The zero-order chi connectivity index (χ0) is 22.5. The molecule has 1 atom stereocenters. The monoisotopic (exact) mass is 435 g/mol. The molecular formula is C22H25N7O3. The second-order valence-corrected chi connectivity index (χ2v) is 7.49. The van der Waals surface area contributed by atoms with Crippen molar-refractivity contribution in [3.05, 3.63) is 54.6 Å². The van der Waals surface area contributed by atoms with Crippen molar-refractivity contribution in [3.63, 3.8) is 0 Å². The van der Waals surface area contributed by atoms with E-state index in [2.05, 4.69) is 25.7 Å². The number of nitrogens with one attached hydrogen (secondary N) is 2. The van der Waals surface area contributed by atoms with Gasteiger partial charge in [-0.2, -0.15) is 5.10 Å². The van der Waals surface area contributed by atoms with Crippen LogP contribution in [0.15, 0.2) is 48.9 Å². The van der Waals surface area contributed by atoms with Crippen molar-refractivity contribution < 1.29 is 14.3 Å². The van der Waals surface area contributed by atoms with E-state index in [1.165, 1.54) is 6.33 Å². The maximum absolute atomic E-state index is 12.6. The third-order valence-corrected chi connectivity index (χ3v) is 5.20. The molecule has 0 spiro atoms. The van der Waals surface area contributed by atoms with Crippen molar-refractivity contribution in [3.8, 4) is 11.6 Å². The van der Waals surface area contributed by atoms with Crippen LogP contribution >= 0.6 is 0 Å². The van der Waals surface area contributed by atoms with Crippen LogP contribution < -0.4 is 20.3 Å². The molecule has 1 fully saturated rings. The number of amides is 2. The van der Waals surface area contributed by atoms with Gasteiger partial charge in [-0.25, -0.2) is 14.6 Å². The number of methoxy groups -OCH3 is 1. The Morgan fingerprint density at radius 1 is 1.22 bits per heavy atom. The highest BCUT2D eigenvalue weighted by atomic mass is 16.5. The molecule has 3 heterocycles. The Balaban J connectivity index is 1.26. The molecule has 2 aromatic heterocycles. The zero-order valence-electron chi connectivity index (χ0n) is 18.0. The molecule has 32 heavy (non-hydrogen) atoms. The molecule has 10 nitrogen and oxygen atoms in total. The second kappa shape index (κ2) is 9.46. The Labute approximate surface area is 185 Å². The number of aryl methyl sites for hydroxylation is 1. The molecule has 1 aliphatic rings. The van der Waals surface area contributed by atoms with E-state index in [4.69, 9.17) is 4.74 Å². The largest absolute Gasteiger partial charge is 0.497 e. The molecule has 4 rings (SSSR count). The lowest BCUT2D eigenvalue weighted by Gasteiger charge is -2.17. The summed E-state index contributed by atoms with van der Waals surface area (Å²) < 4.78 is 6.90. The van der Waals surface area contributed by atoms with Gasteiger partial charge in [0.15, 0.2) is 5.82 Å². The van der Waals surface area contributed by atoms with Gasteiger partial charge in [0.05, 0.1) is 18.7 Å². The molecule has 2 N–H and O–H groups in total. The number of anilines is 2. The Morgan fingerprint density at radius 3 is 2.88 bits per heavy atom. The van der Waals surface area contributed by atoms with Gasteiger partial charge in [-0.15, -0.1) is 0 Å². The topological polar surface area (TPSA) is 114 Å². The van der Waals surface area contributed by atoms with Crippen LogP contribution in [0.1, 0.15) is 12.1 Å². The van der Waals surface area contributed by atoms with Gasteiger partial charge in [0, 0.05) is 50.1 Å². The first-order chi connectivity index (χ1) is 15.5. The average molecular weight is 435 g/mol. The summed E-state index contributed by atoms with van der Waals surface area (Å²) in [6.45, 7) is 3.15. The van der Waals surface area contributed by atoms with Gasteiger partial charge in [-0.3, -0.25) is 9.59 Å². The summed E-state index contributed by atoms with van der Waals surface area (Å²) in [7, 11) is 1.58. The lowest BCUT2D eigenvalue weighted by atomic mass is 10.1. The number of ether oxygens (including phenoxy) is 1. The lowest BCUT2D eigenvalue weighted by Crippen LogP contribution is -2.35. The molecule has 0 aliphatic carbocycles. The summed E-state index contributed by atoms with van der Waals surface area (Å²) in [4.78, 5) is 35.0. The average Bonchev–Trinajstić information content (AvgIpc) is 3.42. The summed E-state index contributed by atoms with van der Waals surface area (Å²) in [6.07, 6.45) is 3.49. The van der Waals surface area contributed by atoms with Gasteiger partial charge in [-0.05, 0) is 25.1 Å². The van der Waals surface area contributed by atoms with Crippen LogP contribution in [-0.2, 0) is 9.59 Å². The van der Waals surface area contributed by atoms with Crippen molar-refractivity contribution in [2.24, 2.45) is 5.92 Å². The Morgan fingerprint density at radius 2 is 2.09 bits per heavy atom. The highest BCUT2D eigenvalue weighted by Crippen LogP contribution is 2.27. The highest BCUT2D eigenvalue weighted by Gasteiger charge is 2.35. The number of benzene rings is 1. The first-order valence-electron chi connectivity index (χ1n) is 10.3. The fourth-order valence-electron chi connectivity index (χ4n) is 3.54. The van der Waals surface area contributed by atoms with Gasteiger partial charge in [-0.1, -0.05) is 6.07 Å². The third-order valence-electron chi connectivity index (χ3n) is 5.20. The molecule has 3 aromatic rings. The molecule has 166 valence electrons. The SMILES string of the molecule is COc1cccc(N2CC(C(=O)NCCNc3cc(-n4ccc(C)n4)ncn3)CC2=O)c1. The summed E-state index contributed by atoms with van der Waals surface area (Å²) in [5.41, 5.74) is 1.63. The first-order valence-corrected chi connectivity index (χ1v) is 10.3. The summed E-state index contributed by atoms with van der Waals surface area (Å²) in [6, 6.07) is 11.0. The van der Waals surface area contributed by atoms with E-state index in [-0.39, 0.29) is 24.2 Å². The molecular weight excluding hydrogens is 410 g/mol. The number of nitrogens with zero attached hydrogens (tertiary/aromatic N) is 5. The Hall–Kier alpha value is -3.95. The van der Waals surface area contributed by atoms with Crippen LogP contribution in [0.4, 0.5) is 11.5 Å². The smallest absolute Gasteiger partial charge is 0.227 e. The van der Waals surface area contributed by atoms with E-state index in [0.29, 0.717) is 37.0 Å². The fourth-order valence-corrected chi connectivity index (χ4v) is 3.54. The van der Waals surface area contributed by atoms with Gasteiger partial charge in [0.1, 0.15) is 17.9 Å². The predicted octanol–water partition coefficient (Wildman–Crippen LogP) is 1.56. The highest BCUT2D eigenvalue weighted by molar-refractivity contribution is 6.00. The van der Waals surface area contributed by atoms with E-state index >= 15 is 0 Å². The van der Waals surface area contributed by atoms with E-state index in [1.807, 2.05) is 37.4 Å². The quantitative estimate of drug-likeness (QED) is 0.516. The molecule has 0 bridgehead atoms. The van der Waals surface area contributed by atoms with Crippen LogP contribution in [0.25, 0.3) is 5.82 Å². The van der Waals surface area contributed by atoms with E-state index in [0.717, 1.165) is 11.4 Å². The molecule has 1 unspecified atom stereocenters. The van der Waals surface area contributed by atoms with Crippen molar-refractivity contribution in [1.82, 2.24) is 25.1 Å². The van der Waals surface area contributed by atoms with Crippen LogP contribution in [0.5, 0.6) is 5.75 Å². The molecule has 0 radical (unpaired) electrons. The molecule has 0 saturated carbocycles. The normalized spacial score (nSPS) is 15.6. The van der Waals surface area contributed by atoms with E-state index in [9.17, 15) is 9.59 Å². The van der Waals surface area contributed by atoms with Gasteiger partial charge in [0.25, 0.3) is 0 Å². The molecule has 2 amide bonds. The van der Waals surface area contributed by atoms with E-state index < -0.39 is 0 Å². The van der Waals surface area contributed by atoms with Crippen molar-refractivity contribution in [2.75, 3.05) is 37.0 Å². The molecule has 1 saturated heterocycles. The predicted molar refractivity (Wildman–Crippen MR) is 119 cm³/mol. The Bertz CT molecular complexity index is 1110. The maximum Gasteiger partial charge on any atom is 0.227 e. The molecule has 1 aliphatic heterocycles. The van der Waals surface area contributed by atoms with Crippen LogP contribution in [-0.4, -0.2) is 58.3 Å². The minimum atomic E-state index is -0.387. The third kappa shape index (κ3) is 4.85. The number of rotatable bonds is 8. The van der Waals surface area contributed by atoms with Crippen molar-refractivity contribution in [1.29, 1.82) is 0 Å². The van der Waals surface area contributed by atoms with Crippen LogP contribution in [0.2, 0.25) is 0 Å². The lowest BCUT2D eigenvalue weighted by molar-refractivity contribution is -0.126. The van der Waals surface area contributed by atoms with E-state index in [1.54, 1.807) is 28.8 Å². The summed E-state index contributed by atoms with van der Waals surface area (Å²) in [5.74, 6) is 1.37. The first kappa shape index (κ1) is 21.3. The van der Waals surface area contributed by atoms with Crippen molar-refractivity contribution >= 4 is 23.3 Å². The minimum Gasteiger partial charge on any atom is -0.497 e. The number of carbonyl (C=O) groups is 2. The Kier molecular flexibility index (Phi) is 6.29. The molecule has 10 heteroatoms. The minimum absolute atomic E-state index is 0.0705. The summed E-state index contributed by atoms with van der Waals surface area (Å²) in [5, 5.41) is 10.4.